The third kappa shape index (κ3) is 4.78. The van der Waals surface area contributed by atoms with E-state index in [-0.39, 0.29) is 5.91 Å². The van der Waals surface area contributed by atoms with Crippen molar-refractivity contribution < 1.29 is 13.2 Å². The number of rotatable bonds is 7. The van der Waals surface area contributed by atoms with Gasteiger partial charge in [-0.1, -0.05) is 42.7 Å². The highest BCUT2D eigenvalue weighted by molar-refractivity contribution is 7.88. The number of hydrogen-bond donors (Lipinski definition) is 2. The van der Waals surface area contributed by atoms with Gasteiger partial charge in [-0.15, -0.1) is 0 Å². The number of carbonyl (C=O) groups excluding carboxylic acids is 1. The Labute approximate surface area is 138 Å². The van der Waals surface area contributed by atoms with Crippen LogP contribution in [0.4, 0.5) is 0 Å². The summed E-state index contributed by atoms with van der Waals surface area (Å²) in [4.78, 5) is 12.8. The van der Waals surface area contributed by atoms with E-state index >= 15 is 0 Å². The highest BCUT2D eigenvalue weighted by Crippen LogP contribution is 2.41. The summed E-state index contributed by atoms with van der Waals surface area (Å²) in [5, 5.41) is 3.00. The zero-order valence-corrected chi connectivity index (χ0v) is 14.7. The zero-order chi connectivity index (χ0) is 16.9. The maximum atomic E-state index is 12.8. The Hall–Kier alpha value is -1.40. The first-order chi connectivity index (χ1) is 10.8. The van der Waals surface area contributed by atoms with Crippen molar-refractivity contribution in [2.24, 2.45) is 0 Å². The van der Waals surface area contributed by atoms with E-state index in [4.69, 9.17) is 0 Å². The molecule has 0 saturated heterocycles. The Morgan fingerprint density at radius 2 is 1.91 bits per heavy atom. The van der Waals surface area contributed by atoms with E-state index in [9.17, 15) is 13.2 Å². The molecule has 0 radical (unpaired) electrons. The minimum atomic E-state index is -3.16. The van der Waals surface area contributed by atoms with Crippen LogP contribution in [0.5, 0.6) is 0 Å². The summed E-state index contributed by atoms with van der Waals surface area (Å²) in [5.74, 6) is 0.0694. The average Bonchev–Trinajstić information content (AvgIpc) is 2.96. The van der Waals surface area contributed by atoms with Crippen LogP contribution in [0.25, 0.3) is 0 Å². The molecule has 2 rings (SSSR count). The minimum Gasteiger partial charge on any atom is -0.355 e. The molecule has 0 spiro atoms. The molecule has 0 aliphatic heterocycles. The molecule has 1 aromatic carbocycles. The molecule has 0 unspecified atom stereocenters. The molecule has 1 aliphatic carbocycles. The lowest BCUT2D eigenvalue weighted by Gasteiger charge is -2.28. The van der Waals surface area contributed by atoms with Crippen LogP contribution in [0.15, 0.2) is 24.3 Å². The Balaban J connectivity index is 1.97. The van der Waals surface area contributed by atoms with Crippen LogP contribution in [0.2, 0.25) is 0 Å². The maximum absolute atomic E-state index is 12.8. The van der Waals surface area contributed by atoms with Gasteiger partial charge in [-0.2, -0.15) is 0 Å². The molecule has 1 saturated carbocycles. The molecule has 0 atom stereocenters. The maximum Gasteiger partial charge on any atom is 0.230 e. The van der Waals surface area contributed by atoms with E-state index in [0.717, 1.165) is 37.5 Å². The Kier molecular flexibility index (Phi) is 5.81. The third-order valence-corrected chi connectivity index (χ3v) is 5.19. The number of nitrogens with one attached hydrogen (secondary N) is 2. The largest absolute Gasteiger partial charge is 0.355 e. The molecule has 1 fully saturated rings. The van der Waals surface area contributed by atoms with Crippen molar-refractivity contribution in [3.8, 4) is 0 Å². The summed E-state index contributed by atoms with van der Waals surface area (Å²) < 4.78 is 24.4. The molecule has 128 valence electrons. The fourth-order valence-corrected chi connectivity index (χ4v) is 3.80. The molecular weight excluding hydrogens is 312 g/mol. The van der Waals surface area contributed by atoms with Gasteiger partial charge < -0.3 is 5.32 Å². The molecule has 0 bridgehead atoms. The summed E-state index contributed by atoms with van der Waals surface area (Å²) in [6, 6.07) is 8.20. The number of aryl methyl sites for hydroxylation is 1. The van der Waals surface area contributed by atoms with Gasteiger partial charge in [0.2, 0.25) is 15.9 Å². The molecule has 1 aliphatic rings. The predicted molar refractivity (Wildman–Crippen MR) is 91.8 cm³/mol. The normalized spacial score (nSPS) is 17.1. The summed E-state index contributed by atoms with van der Waals surface area (Å²) in [5.41, 5.74) is 1.84. The summed E-state index contributed by atoms with van der Waals surface area (Å²) in [6.45, 7) is 2.87. The van der Waals surface area contributed by atoms with Crippen LogP contribution in [0.3, 0.4) is 0 Å². The molecule has 0 aromatic heterocycles. The second kappa shape index (κ2) is 7.45. The van der Waals surface area contributed by atoms with Crippen molar-refractivity contribution in [1.29, 1.82) is 0 Å². The van der Waals surface area contributed by atoms with Gasteiger partial charge in [-0.25, -0.2) is 13.1 Å². The van der Waals surface area contributed by atoms with Crippen LogP contribution in [-0.2, 0) is 20.2 Å². The molecule has 6 heteroatoms. The SMILES string of the molecule is Cc1cccc(C2(C(=O)NCCCNS(C)(=O)=O)CCCC2)c1. The highest BCUT2D eigenvalue weighted by atomic mass is 32.2. The first-order valence-corrected chi connectivity index (χ1v) is 10.0. The lowest BCUT2D eigenvalue weighted by Crippen LogP contribution is -2.43. The fraction of sp³-hybridized carbons (Fsp3) is 0.588. The second-order valence-electron chi connectivity index (χ2n) is 6.43. The number of benzene rings is 1. The molecule has 1 aromatic rings. The van der Waals surface area contributed by atoms with Crippen molar-refractivity contribution in [3.63, 3.8) is 0 Å². The van der Waals surface area contributed by atoms with Gasteiger partial charge in [0, 0.05) is 13.1 Å². The zero-order valence-electron chi connectivity index (χ0n) is 13.9. The van der Waals surface area contributed by atoms with Gasteiger partial charge in [0.05, 0.1) is 11.7 Å². The lowest BCUT2D eigenvalue weighted by atomic mass is 9.77. The van der Waals surface area contributed by atoms with Crippen LogP contribution in [0, 0.1) is 6.92 Å². The molecule has 2 N–H and O–H groups in total. The number of hydrogen-bond acceptors (Lipinski definition) is 3. The molecule has 5 nitrogen and oxygen atoms in total. The molecule has 23 heavy (non-hydrogen) atoms. The highest BCUT2D eigenvalue weighted by Gasteiger charge is 2.42. The van der Waals surface area contributed by atoms with Crippen molar-refractivity contribution in [1.82, 2.24) is 10.0 Å². The minimum absolute atomic E-state index is 0.0694. The summed E-state index contributed by atoms with van der Waals surface area (Å²) >= 11 is 0. The van der Waals surface area contributed by atoms with E-state index in [2.05, 4.69) is 16.1 Å². The fourth-order valence-electron chi connectivity index (χ4n) is 3.29. The van der Waals surface area contributed by atoms with Gasteiger partial charge in [0.25, 0.3) is 0 Å². The standard InChI is InChI=1S/C17H26N2O3S/c1-14-7-5-8-15(13-14)17(9-3-4-10-17)16(20)18-11-6-12-19-23(2,21)22/h5,7-8,13,19H,3-4,6,9-12H2,1-2H3,(H,18,20). The van der Waals surface area contributed by atoms with E-state index < -0.39 is 15.4 Å². The van der Waals surface area contributed by atoms with Crippen molar-refractivity contribution in [2.75, 3.05) is 19.3 Å². The van der Waals surface area contributed by atoms with Crippen LogP contribution >= 0.6 is 0 Å². The second-order valence-corrected chi connectivity index (χ2v) is 8.27. The quantitative estimate of drug-likeness (QED) is 0.745. The van der Waals surface area contributed by atoms with Gasteiger partial charge in [0.15, 0.2) is 0 Å². The summed E-state index contributed by atoms with van der Waals surface area (Å²) in [6.07, 6.45) is 5.61. The number of carbonyl (C=O) groups is 1. The van der Waals surface area contributed by atoms with Crippen molar-refractivity contribution in [2.45, 2.75) is 44.4 Å². The average molecular weight is 338 g/mol. The monoisotopic (exact) mass is 338 g/mol. The van der Waals surface area contributed by atoms with E-state index in [1.165, 1.54) is 5.56 Å². The molecule has 1 amide bonds. The van der Waals surface area contributed by atoms with Crippen molar-refractivity contribution >= 4 is 15.9 Å². The predicted octanol–water partition coefficient (Wildman–Crippen LogP) is 1.86. The van der Waals surface area contributed by atoms with E-state index in [0.29, 0.717) is 19.5 Å². The van der Waals surface area contributed by atoms with Crippen molar-refractivity contribution in [3.05, 3.63) is 35.4 Å². The number of sulfonamides is 1. The first-order valence-electron chi connectivity index (χ1n) is 8.14. The Morgan fingerprint density at radius 1 is 1.22 bits per heavy atom. The van der Waals surface area contributed by atoms with Gasteiger partial charge >= 0.3 is 0 Å². The van der Waals surface area contributed by atoms with E-state index in [1.54, 1.807) is 0 Å². The third-order valence-electron chi connectivity index (χ3n) is 4.47. The van der Waals surface area contributed by atoms with Crippen LogP contribution in [-0.4, -0.2) is 33.7 Å². The van der Waals surface area contributed by atoms with Crippen LogP contribution in [0.1, 0.15) is 43.2 Å². The van der Waals surface area contributed by atoms with E-state index in [1.807, 2.05) is 25.1 Å². The molecular formula is C17H26N2O3S. The summed E-state index contributed by atoms with van der Waals surface area (Å²) in [7, 11) is -3.16. The number of amides is 1. The van der Waals surface area contributed by atoms with Gasteiger partial charge in [0.1, 0.15) is 0 Å². The first kappa shape index (κ1) is 17.9. The Morgan fingerprint density at radius 3 is 2.52 bits per heavy atom. The topological polar surface area (TPSA) is 75.3 Å². The Bertz CT molecular complexity index is 650. The van der Waals surface area contributed by atoms with Gasteiger partial charge in [-0.05, 0) is 31.7 Å². The van der Waals surface area contributed by atoms with Crippen LogP contribution < -0.4 is 10.0 Å². The van der Waals surface area contributed by atoms with Gasteiger partial charge in [-0.3, -0.25) is 4.79 Å². The lowest BCUT2D eigenvalue weighted by molar-refractivity contribution is -0.126. The smallest absolute Gasteiger partial charge is 0.230 e. The molecule has 0 heterocycles.